The summed E-state index contributed by atoms with van der Waals surface area (Å²) in [5.41, 5.74) is 0. The van der Waals surface area contributed by atoms with E-state index < -0.39 is 20.0 Å². The average Bonchev–Trinajstić information content (AvgIpc) is 3.08. The van der Waals surface area contributed by atoms with E-state index in [1.54, 1.807) is 0 Å². The Morgan fingerprint density at radius 1 is 0.385 bits per heavy atom. The van der Waals surface area contributed by atoms with Crippen LogP contribution in [0.25, 0.3) is 0 Å². The van der Waals surface area contributed by atoms with Crippen molar-refractivity contribution in [2.45, 2.75) is 380 Å². The van der Waals surface area contributed by atoms with Crippen molar-refractivity contribution in [1.82, 2.24) is 5.32 Å². The minimum atomic E-state index is -4.71. The number of nitrogens with zero attached hydrogens (tertiary/aromatic N) is 1. The van der Waals surface area contributed by atoms with Gasteiger partial charge in [-0.2, -0.15) is 0 Å². The van der Waals surface area contributed by atoms with Crippen molar-refractivity contribution in [2.24, 2.45) is 0 Å². The summed E-state index contributed by atoms with van der Waals surface area (Å²) >= 11 is 0. The Kier molecular flexibility index (Phi) is 67.8. The summed E-state index contributed by atoms with van der Waals surface area (Å²) in [7, 11) is 1.19. The van der Waals surface area contributed by atoms with E-state index in [1.807, 2.05) is 33.3 Å². The van der Waals surface area contributed by atoms with Crippen LogP contribution in [0.5, 0.6) is 0 Å². The summed E-state index contributed by atoms with van der Waals surface area (Å²) in [6, 6.07) is -0.894. The number of phosphoric ester groups is 1. The minimum absolute atomic E-state index is 0.0241. The van der Waals surface area contributed by atoms with Crippen molar-refractivity contribution >= 4 is 19.7 Å². The van der Waals surface area contributed by atoms with Gasteiger partial charge in [0.25, 0.3) is 7.82 Å². The first-order chi connectivity index (χ1) is 44.4. The number of ether oxygens (including phenoxy) is 1. The number of amides is 1. The van der Waals surface area contributed by atoms with Crippen molar-refractivity contribution in [2.75, 3.05) is 40.9 Å². The normalized spacial score (nSPS) is 13.9. The lowest BCUT2D eigenvalue weighted by Crippen LogP contribution is -2.47. The molecule has 0 spiro atoms. The monoisotopic (exact) mass is 1290 g/mol. The SMILES string of the molecule is CCCCC/C=C\C/C=C\C/C=C\C/C=C\CCCCCCCCCCCCCC(=O)NC(COP(=O)([O-])OCC[N+](C)(C)C)C(/C=C/CCCCCCCCCCC)OC(=O)CCCCCCCCCCCCCCCCCCC/C=C\C/C=C\CCCCC. The molecule has 0 saturated carbocycles. The van der Waals surface area contributed by atoms with Gasteiger partial charge in [0, 0.05) is 12.8 Å². The van der Waals surface area contributed by atoms with Gasteiger partial charge in [-0.3, -0.25) is 14.2 Å². The fraction of sp³-hybridized carbons (Fsp3) is 0.802. The van der Waals surface area contributed by atoms with Gasteiger partial charge in [-0.1, -0.05) is 331 Å². The van der Waals surface area contributed by atoms with Crippen LogP contribution < -0.4 is 10.2 Å². The average molecular weight is 1290 g/mol. The number of esters is 1. The van der Waals surface area contributed by atoms with Crippen molar-refractivity contribution in [3.8, 4) is 0 Å². The Hall–Kier alpha value is -2.81. The molecule has 10 heteroatoms. The molecule has 9 nitrogen and oxygen atoms in total. The number of hydrogen-bond donors (Lipinski definition) is 1. The molecule has 0 heterocycles. The number of carbonyl (C=O) groups is 2. The maximum Gasteiger partial charge on any atom is 0.306 e. The molecule has 1 amide bonds. The molecule has 0 rings (SSSR count). The van der Waals surface area contributed by atoms with Crippen LogP contribution in [-0.2, 0) is 27.9 Å². The molecule has 0 aliphatic rings. The van der Waals surface area contributed by atoms with E-state index in [0.717, 1.165) is 89.9 Å². The second-order valence-electron chi connectivity index (χ2n) is 27.5. The summed E-state index contributed by atoms with van der Waals surface area (Å²) in [4.78, 5) is 40.3. The molecule has 0 aliphatic carbocycles. The van der Waals surface area contributed by atoms with Gasteiger partial charge in [0.2, 0.25) is 5.91 Å². The van der Waals surface area contributed by atoms with Crippen LogP contribution in [0.4, 0.5) is 0 Å². The first-order valence-electron chi connectivity index (χ1n) is 38.9. The number of carbonyl (C=O) groups excluding carboxylic acids is 2. The summed E-state index contributed by atoms with van der Waals surface area (Å²) in [5, 5.41) is 3.05. The fourth-order valence-electron chi connectivity index (χ4n) is 11.3. The third kappa shape index (κ3) is 71.3. The summed E-state index contributed by atoms with van der Waals surface area (Å²) < 4.78 is 30.5. The molecule has 0 aromatic carbocycles. The van der Waals surface area contributed by atoms with E-state index >= 15 is 0 Å². The van der Waals surface area contributed by atoms with Crippen LogP contribution in [0, 0.1) is 0 Å². The van der Waals surface area contributed by atoms with Gasteiger partial charge in [-0.15, -0.1) is 0 Å². The number of likely N-dealkylation sites (N-methyl/N-ethyl adjacent to an activating group) is 1. The molecule has 0 radical (unpaired) electrons. The zero-order valence-electron chi connectivity index (χ0n) is 60.8. The molecule has 0 bridgehead atoms. The number of quaternary nitrogens is 1. The third-order valence-electron chi connectivity index (χ3n) is 17.3. The van der Waals surface area contributed by atoms with Crippen molar-refractivity contribution in [3.63, 3.8) is 0 Å². The highest BCUT2D eigenvalue weighted by molar-refractivity contribution is 7.45. The smallest absolute Gasteiger partial charge is 0.306 e. The van der Waals surface area contributed by atoms with Gasteiger partial charge in [-0.25, -0.2) is 0 Å². The zero-order valence-corrected chi connectivity index (χ0v) is 61.7. The van der Waals surface area contributed by atoms with Crippen LogP contribution in [0.2, 0.25) is 0 Å². The molecule has 3 atom stereocenters. The molecule has 3 unspecified atom stereocenters. The van der Waals surface area contributed by atoms with Gasteiger partial charge >= 0.3 is 5.97 Å². The van der Waals surface area contributed by atoms with Gasteiger partial charge in [0.05, 0.1) is 33.8 Å². The van der Waals surface area contributed by atoms with Crippen LogP contribution in [0.3, 0.4) is 0 Å². The summed E-state index contributed by atoms with van der Waals surface area (Å²) in [6.07, 6.45) is 94.4. The molecule has 530 valence electrons. The van der Waals surface area contributed by atoms with Gasteiger partial charge in [0.15, 0.2) is 0 Å². The van der Waals surface area contributed by atoms with E-state index in [-0.39, 0.29) is 31.5 Å². The quantitative estimate of drug-likeness (QED) is 0.0212. The van der Waals surface area contributed by atoms with Gasteiger partial charge in [0.1, 0.15) is 19.3 Å². The van der Waals surface area contributed by atoms with E-state index in [4.69, 9.17) is 13.8 Å². The van der Waals surface area contributed by atoms with Crippen LogP contribution in [0.15, 0.2) is 85.1 Å². The van der Waals surface area contributed by atoms with Crippen LogP contribution in [0.1, 0.15) is 367 Å². The Morgan fingerprint density at radius 3 is 1.02 bits per heavy atom. The van der Waals surface area contributed by atoms with Crippen LogP contribution in [-0.4, -0.2) is 69.4 Å². The first-order valence-corrected chi connectivity index (χ1v) is 40.4. The Labute approximate surface area is 565 Å². The second kappa shape index (κ2) is 70.0. The van der Waals surface area contributed by atoms with E-state index in [1.165, 1.54) is 244 Å². The standard InChI is InChI=1S/C81H149N2O7P/c1-7-10-13-16-19-22-25-27-29-31-33-35-37-39-41-43-45-47-49-51-53-55-58-61-64-67-70-73-80(84)82-78(77-89-91(86,87)88-76-75-83(4,5)6)79(72-69-66-63-60-57-24-21-18-15-12-9-3)90-81(85)74-71-68-65-62-59-56-54-52-50-48-46-44-42-40-38-36-34-32-30-28-26-23-20-17-14-11-8-2/h19-20,22-23,27-30,33,35,39,41,69,72,78-79H,7-18,21,24-26,31-32,34,36-38,40,42-68,70-71,73-77H2,1-6H3,(H-,82,84,86,87)/b22-19-,23-20-,29-27-,30-28-,35-33-,41-39-,72-69+. The van der Waals surface area contributed by atoms with E-state index in [0.29, 0.717) is 17.4 Å². The van der Waals surface area contributed by atoms with E-state index in [9.17, 15) is 19.0 Å². The van der Waals surface area contributed by atoms with Gasteiger partial charge < -0.3 is 28.5 Å². The lowest BCUT2D eigenvalue weighted by atomic mass is 10.0. The lowest BCUT2D eigenvalue weighted by molar-refractivity contribution is -0.870. The molecular weight excluding hydrogens is 1140 g/mol. The molecule has 91 heavy (non-hydrogen) atoms. The third-order valence-corrected chi connectivity index (χ3v) is 18.3. The van der Waals surface area contributed by atoms with Crippen LogP contribution >= 0.6 is 7.82 Å². The maximum atomic E-state index is 13.6. The van der Waals surface area contributed by atoms with Crippen molar-refractivity contribution in [3.05, 3.63) is 85.1 Å². The highest BCUT2D eigenvalue weighted by Crippen LogP contribution is 2.38. The molecule has 0 fully saturated rings. The maximum absolute atomic E-state index is 13.6. The predicted octanol–water partition coefficient (Wildman–Crippen LogP) is 24.6. The van der Waals surface area contributed by atoms with Crippen molar-refractivity contribution < 1.29 is 37.3 Å². The highest BCUT2D eigenvalue weighted by Gasteiger charge is 2.27. The number of phosphoric acid groups is 1. The molecule has 1 N–H and O–H groups in total. The minimum Gasteiger partial charge on any atom is -0.756 e. The summed E-state index contributed by atoms with van der Waals surface area (Å²) in [5.74, 6) is -0.533. The fourth-order valence-corrected chi connectivity index (χ4v) is 12.0. The molecule has 0 aromatic rings. The van der Waals surface area contributed by atoms with E-state index in [2.05, 4.69) is 99.0 Å². The molecule has 0 aliphatic heterocycles. The number of nitrogens with one attached hydrogen (secondary N) is 1. The topological polar surface area (TPSA) is 114 Å². The number of rotatable bonds is 71. The first kappa shape index (κ1) is 88.2. The number of hydrogen-bond acceptors (Lipinski definition) is 7. The van der Waals surface area contributed by atoms with Gasteiger partial charge in [-0.05, 0) is 109 Å². The van der Waals surface area contributed by atoms with Crippen molar-refractivity contribution in [1.29, 1.82) is 0 Å². The zero-order chi connectivity index (χ0) is 66.3. The second-order valence-corrected chi connectivity index (χ2v) is 28.9. The lowest BCUT2D eigenvalue weighted by Gasteiger charge is -2.30. The molecule has 0 saturated heterocycles. The Bertz CT molecular complexity index is 1830. The Balaban J connectivity index is 4.90. The molecule has 0 aromatic heterocycles. The highest BCUT2D eigenvalue weighted by atomic mass is 31.2. The largest absolute Gasteiger partial charge is 0.756 e. The number of unbranched alkanes of at least 4 members (excludes halogenated alkanes) is 43. The predicted molar refractivity (Wildman–Crippen MR) is 395 cm³/mol. The molecular formula is C81H149N2O7P. The number of allylic oxidation sites excluding steroid dienone is 13. The summed E-state index contributed by atoms with van der Waals surface area (Å²) in [6.45, 7) is 6.83. The Morgan fingerprint density at radius 2 is 0.670 bits per heavy atom.